The molecule has 1 fully saturated rings. The molecule has 0 saturated heterocycles. The van der Waals surface area contributed by atoms with Crippen molar-refractivity contribution >= 4 is 11.8 Å². The van der Waals surface area contributed by atoms with Crippen LogP contribution in [0.2, 0.25) is 0 Å². The van der Waals surface area contributed by atoms with E-state index in [9.17, 15) is 9.59 Å². The summed E-state index contributed by atoms with van der Waals surface area (Å²) < 4.78 is 0. The van der Waals surface area contributed by atoms with E-state index in [0.717, 1.165) is 6.42 Å². The number of amides is 2. The van der Waals surface area contributed by atoms with Gasteiger partial charge in [0.05, 0.1) is 6.07 Å². The Balaban J connectivity index is 2.13. The predicted octanol–water partition coefficient (Wildman–Crippen LogP) is 0.131. The molecule has 2 atom stereocenters. The Morgan fingerprint density at radius 2 is 2.19 bits per heavy atom. The molecule has 5 nitrogen and oxygen atoms in total. The first kappa shape index (κ1) is 12.5. The van der Waals surface area contributed by atoms with Crippen LogP contribution in [0.15, 0.2) is 0 Å². The maximum Gasteiger partial charge on any atom is 0.224 e. The summed E-state index contributed by atoms with van der Waals surface area (Å²) in [5, 5.41) is 11.1. The van der Waals surface area contributed by atoms with Gasteiger partial charge in [0.2, 0.25) is 11.8 Å². The Morgan fingerprint density at radius 3 is 2.69 bits per heavy atom. The molecule has 16 heavy (non-hydrogen) atoms. The summed E-state index contributed by atoms with van der Waals surface area (Å²) in [6.45, 7) is 2.49. The Morgan fingerprint density at radius 1 is 1.56 bits per heavy atom. The molecular formula is C11H17N3O2. The zero-order chi connectivity index (χ0) is 12.1. The molecule has 0 radical (unpaired) electrons. The van der Waals surface area contributed by atoms with Crippen LogP contribution in [0.3, 0.4) is 0 Å². The highest BCUT2D eigenvalue weighted by molar-refractivity contribution is 5.82. The molecule has 88 valence electrons. The zero-order valence-corrected chi connectivity index (χ0v) is 9.69. The van der Waals surface area contributed by atoms with Gasteiger partial charge < -0.3 is 10.2 Å². The van der Waals surface area contributed by atoms with Crippen LogP contribution in [0.25, 0.3) is 0 Å². The normalized spacial score (nSPS) is 22.1. The minimum Gasteiger partial charge on any atom is -0.355 e. The first-order chi connectivity index (χ1) is 7.56. The average molecular weight is 223 g/mol. The van der Waals surface area contributed by atoms with Crippen LogP contribution < -0.4 is 5.32 Å². The average Bonchev–Trinajstić information content (AvgIpc) is 2.95. The lowest BCUT2D eigenvalue weighted by Gasteiger charge is -2.12. The van der Waals surface area contributed by atoms with Gasteiger partial charge >= 0.3 is 0 Å². The van der Waals surface area contributed by atoms with Gasteiger partial charge in [0.1, 0.15) is 6.54 Å². The first-order valence-electron chi connectivity index (χ1n) is 5.45. The van der Waals surface area contributed by atoms with Gasteiger partial charge in [-0.15, -0.1) is 0 Å². The van der Waals surface area contributed by atoms with Crippen molar-refractivity contribution < 1.29 is 9.59 Å². The van der Waals surface area contributed by atoms with Crippen molar-refractivity contribution in [3.63, 3.8) is 0 Å². The van der Waals surface area contributed by atoms with Crippen LogP contribution in [0.4, 0.5) is 0 Å². The second kappa shape index (κ2) is 5.50. The van der Waals surface area contributed by atoms with E-state index in [4.69, 9.17) is 5.26 Å². The largest absolute Gasteiger partial charge is 0.355 e. The molecule has 2 amide bonds. The molecule has 0 aliphatic heterocycles. The van der Waals surface area contributed by atoms with E-state index < -0.39 is 0 Å². The van der Waals surface area contributed by atoms with E-state index in [0.29, 0.717) is 12.5 Å². The molecule has 0 bridgehead atoms. The maximum absolute atomic E-state index is 11.4. The third-order valence-corrected chi connectivity index (χ3v) is 2.82. The van der Waals surface area contributed by atoms with Crippen LogP contribution >= 0.6 is 0 Å². The predicted molar refractivity (Wildman–Crippen MR) is 58.1 cm³/mol. The quantitative estimate of drug-likeness (QED) is 0.673. The van der Waals surface area contributed by atoms with E-state index in [2.05, 4.69) is 5.32 Å². The summed E-state index contributed by atoms with van der Waals surface area (Å²) >= 11 is 0. The van der Waals surface area contributed by atoms with Crippen LogP contribution in [0.5, 0.6) is 0 Å². The monoisotopic (exact) mass is 223 g/mol. The van der Waals surface area contributed by atoms with Crippen molar-refractivity contribution in [3.05, 3.63) is 0 Å². The first-order valence-corrected chi connectivity index (χ1v) is 5.45. The number of rotatable bonds is 5. The maximum atomic E-state index is 11.4. The van der Waals surface area contributed by atoms with Crippen molar-refractivity contribution in [2.75, 3.05) is 20.1 Å². The van der Waals surface area contributed by atoms with Gasteiger partial charge in [-0.25, -0.2) is 0 Å². The van der Waals surface area contributed by atoms with Crippen molar-refractivity contribution in [3.8, 4) is 6.07 Å². The number of nitrogens with zero attached hydrogens (tertiary/aromatic N) is 2. The Labute approximate surface area is 95.4 Å². The number of carbonyl (C=O) groups is 2. The van der Waals surface area contributed by atoms with Crippen molar-refractivity contribution in [1.82, 2.24) is 10.2 Å². The highest BCUT2D eigenvalue weighted by atomic mass is 16.2. The van der Waals surface area contributed by atoms with E-state index in [1.807, 2.05) is 13.0 Å². The molecule has 0 aromatic heterocycles. The van der Waals surface area contributed by atoms with Crippen molar-refractivity contribution in [2.24, 2.45) is 11.8 Å². The molecule has 1 N–H and O–H groups in total. The van der Waals surface area contributed by atoms with Gasteiger partial charge in [0, 0.05) is 25.9 Å². The van der Waals surface area contributed by atoms with Gasteiger partial charge in [-0.05, 0) is 12.3 Å². The van der Waals surface area contributed by atoms with E-state index in [1.54, 1.807) is 7.05 Å². The molecule has 0 aromatic rings. The van der Waals surface area contributed by atoms with Crippen LogP contribution in [-0.2, 0) is 9.59 Å². The molecule has 0 aromatic carbocycles. The Hall–Kier alpha value is -1.57. The molecule has 0 spiro atoms. The summed E-state index contributed by atoms with van der Waals surface area (Å²) in [6.07, 6.45) is 1.21. The molecule has 1 aliphatic carbocycles. The van der Waals surface area contributed by atoms with Gasteiger partial charge in [-0.3, -0.25) is 9.59 Å². The fourth-order valence-corrected chi connectivity index (χ4v) is 1.50. The van der Waals surface area contributed by atoms with Crippen LogP contribution in [-0.4, -0.2) is 36.9 Å². The lowest BCUT2D eigenvalue weighted by atomic mass is 10.3. The van der Waals surface area contributed by atoms with E-state index in [-0.39, 0.29) is 30.7 Å². The summed E-state index contributed by atoms with van der Waals surface area (Å²) in [5.41, 5.74) is 0. The number of carbonyl (C=O) groups excluding carboxylic acids is 2. The Bertz CT molecular complexity index is 322. The molecular weight excluding hydrogens is 206 g/mol. The molecule has 1 saturated carbocycles. The lowest BCUT2D eigenvalue weighted by Crippen LogP contribution is -2.33. The number of hydrogen-bond acceptors (Lipinski definition) is 3. The summed E-state index contributed by atoms with van der Waals surface area (Å²) in [4.78, 5) is 24.1. The SMILES string of the molecule is C[C@@H]1C[C@@H]1C(=O)NCCC(=O)N(C)CC#N. The van der Waals surface area contributed by atoms with Crippen LogP contribution in [0, 0.1) is 23.2 Å². The Kier molecular flexibility index (Phi) is 4.29. The number of nitriles is 1. The van der Waals surface area contributed by atoms with Crippen molar-refractivity contribution in [2.45, 2.75) is 19.8 Å². The summed E-state index contributed by atoms with van der Waals surface area (Å²) in [7, 11) is 1.58. The molecule has 1 rings (SSSR count). The molecule has 1 aliphatic rings. The zero-order valence-electron chi connectivity index (χ0n) is 9.69. The number of hydrogen-bond donors (Lipinski definition) is 1. The third kappa shape index (κ3) is 3.54. The van der Waals surface area contributed by atoms with Gasteiger partial charge in [0.25, 0.3) is 0 Å². The third-order valence-electron chi connectivity index (χ3n) is 2.82. The van der Waals surface area contributed by atoms with Gasteiger partial charge in [0.15, 0.2) is 0 Å². The second-order valence-corrected chi connectivity index (χ2v) is 4.27. The number of nitrogens with one attached hydrogen (secondary N) is 1. The van der Waals surface area contributed by atoms with Crippen molar-refractivity contribution in [1.29, 1.82) is 5.26 Å². The van der Waals surface area contributed by atoms with Crippen LogP contribution in [0.1, 0.15) is 19.8 Å². The standard InChI is InChI=1S/C11H17N3O2/c1-8-7-9(8)11(16)13-5-3-10(15)14(2)6-4-12/h8-9H,3,5-7H2,1-2H3,(H,13,16)/t8-,9+/m1/s1. The minimum atomic E-state index is -0.120. The fourth-order valence-electron chi connectivity index (χ4n) is 1.50. The van der Waals surface area contributed by atoms with E-state index >= 15 is 0 Å². The topological polar surface area (TPSA) is 73.2 Å². The summed E-state index contributed by atoms with van der Waals surface area (Å²) in [6, 6.07) is 1.90. The molecule has 5 heteroatoms. The highest BCUT2D eigenvalue weighted by Crippen LogP contribution is 2.37. The fraction of sp³-hybridized carbons (Fsp3) is 0.727. The summed E-state index contributed by atoms with van der Waals surface area (Å²) in [5.74, 6) is 0.554. The minimum absolute atomic E-state index is 0.0447. The smallest absolute Gasteiger partial charge is 0.224 e. The van der Waals surface area contributed by atoms with Gasteiger partial charge in [-0.1, -0.05) is 6.92 Å². The van der Waals surface area contributed by atoms with E-state index in [1.165, 1.54) is 4.90 Å². The lowest BCUT2D eigenvalue weighted by molar-refractivity contribution is -0.129. The highest BCUT2D eigenvalue weighted by Gasteiger charge is 2.38. The second-order valence-electron chi connectivity index (χ2n) is 4.27. The van der Waals surface area contributed by atoms with Gasteiger partial charge in [-0.2, -0.15) is 5.26 Å². The molecule has 0 unspecified atom stereocenters. The molecule has 0 heterocycles.